The molecule has 1 heterocycles. The van der Waals surface area contributed by atoms with Crippen LogP contribution in [0.5, 0.6) is 28.7 Å². The molecule has 0 unspecified atom stereocenters. The maximum atomic E-state index is 13.8. The molecule has 36 heavy (non-hydrogen) atoms. The highest BCUT2D eigenvalue weighted by molar-refractivity contribution is 6.08. The van der Waals surface area contributed by atoms with Gasteiger partial charge in [-0.05, 0) is 42.0 Å². The van der Waals surface area contributed by atoms with Crippen LogP contribution >= 0.6 is 0 Å². The first-order valence-corrected chi connectivity index (χ1v) is 10.8. The number of phenols is 1. The number of carbonyl (C=O) groups excluding carboxylic acids is 1. The summed E-state index contributed by atoms with van der Waals surface area (Å²) in [6.45, 7) is 0. The van der Waals surface area contributed by atoms with E-state index in [1.165, 1.54) is 52.2 Å². The maximum absolute atomic E-state index is 13.8. The number of pyridine rings is 1. The lowest BCUT2D eigenvalue weighted by Crippen LogP contribution is -2.26. The Morgan fingerprint density at radius 1 is 0.778 bits per heavy atom. The molecule has 0 saturated heterocycles. The summed E-state index contributed by atoms with van der Waals surface area (Å²) in [5.41, 5.74) is 0.716. The molecule has 0 bridgehead atoms. The van der Waals surface area contributed by atoms with Crippen molar-refractivity contribution in [3.63, 3.8) is 0 Å². The molecule has 4 aromatic rings. The van der Waals surface area contributed by atoms with Gasteiger partial charge in [-0.15, -0.1) is 0 Å². The van der Waals surface area contributed by atoms with Crippen molar-refractivity contribution in [2.45, 2.75) is 0 Å². The van der Waals surface area contributed by atoms with E-state index in [1.54, 1.807) is 42.5 Å². The van der Waals surface area contributed by atoms with E-state index in [2.05, 4.69) is 0 Å². The molecule has 0 fully saturated rings. The van der Waals surface area contributed by atoms with E-state index in [0.29, 0.717) is 39.4 Å². The molecule has 0 amide bonds. The zero-order valence-corrected chi connectivity index (χ0v) is 20.4. The third kappa shape index (κ3) is 3.94. The summed E-state index contributed by atoms with van der Waals surface area (Å²) in [5, 5.41) is 11.0. The zero-order valence-electron chi connectivity index (χ0n) is 20.4. The summed E-state index contributed by atoms with van der Waals surface area (Å²) >= 11 is 0. The van der Waals surface area contributed by atoms with Crippen molar-refractivity contribution >= 4 is 16.7 Å². The summed E-state index contributed by atoms with van der Waals surface area (Å²) in [7, 11) is 7.08. The normalized spacial score (nSPS) is 10.7. The Labute approximate surface area is 207 Å². The van der Waals surface area contributed by atoms with Crippen molar-refractivity contribution in [3.05, 3.63) is 70.6 Å². The SMILES string of the molecule is COC(=O)c1c(-c2cc(OC)c(OC)c(OC)c2)c2cc(OC)c(O)cc2c(=O)n1-c1ccccc1. The van der Waals surface area contributed by atoms with Gasteiger partial charge in [0.25, 0.3) is 5.56 Å². The second kappa shape index (κ2) is 9.91. The lowest BCUT2D eigenvalue weighted by atomic mass is 9.95. The Morgan fingerprint density at radius 3 is 1.92 bits per heavy atom. The summed E-state index contributed by atoms with van der Waals surface area (Å²) in [5.74, 6) is 0.221. The molecule has 0 aliphatic heterocycles. The van der Waals surface area contributed by atoms with Gasteiger partial charge in [0.2, 0.25) is 5.75 Å². The fraction of sp³-hybridized carbons (Fsp3) is 0.185. The summed E-state index contributed by atoms with van der Waals surface area (Å²) in [4.78, 5) is 27.1. The average Bonchev–Trinajstić information content (AvgIpc) is 2.91. The van der Waals surface area contributed by atoms with Crippen LogP contribution in [0.4, 0.5) is 0 Å². The number of fused-ring (bicyclic) bond motifs is 1. The van der Waals surface area contributed by atoms with Gasteiger partial charge in [-0.1, -0.05) is 18.2 Å². The predicted octanol–water partition coefficient (Wildman–Crippen LogP) is 4.18. The van der Waals surface area contributed by atoms with Gasteiger partial charge in [0.15, 0.2) is 23.0 Å². The molecular weight excluding hydrogens is 466 g/mol. The first-order chi connectivity index (χ1) is 17.4. The third-order valence-electron chi connectivity index (χ3n) is 5.83. The molecule has 0 aliphatic carbocycles. The number of aromatic hydroxyl groups is 1. The van der Waals surface area contributed by atoms with Crippen molar-refractivity contribution in [1.82, 2.24) is 4.57 Å². The highest BCUT2D eigenvalue weighted by Gasteiger charge is 2.28. The largest absolute Gasteiger partial charge is 0.504 e. The number of nitrogens with zero attached hydrogens (tertiary/aromatic N) is 1. The van der Waals surface area contributed by atoms with Gasteiger partial charge >= 0.3 is 5.97 Å². The van der Waals surface area contributed by atoms with Gasteiger partial charge in [-0.25, -0.2) is 4.79 Å². The van der Waals surface area contributed by atoms with E-state index in [-0.39, 0.29) is 22.6 Å². The van der Waals surface area contributed by atoms with Crippen LogP contribution in [0.25, 0.3) is 27.6 Å². The number of carbonyl (C=O) groups is 1. The van der Waals surface area contributed by atoms with Gasteiger partial charge in [0.1, 0.15) is 5.69 Å². The molecule has 3 aromatic carbocycles. The minimum atomic E-state index is -0.742. The number of esters is 1. The second-order valence-electron chi connectivity index (χ2n) is 7.67. The standard InChI is InChI=1S/C27H25NO8/c1-32-20-14-17-18(13-19(20)29)26(30)28(16-9-7-6-8-10-16)24(27(31)36-5)23(17)15-11-21(33-2)25(35-4)22(12-15)34-3/h6-14,29H,1-5H3. The quantitative estimate of drug-likeness (QED) is 0.384. The minimum absolute atomic E-state index is 0.0248. The smallest absolute Gasteiger partial charge is 0.355 e. The van der Waals surface area contributed by atoms with Crippen molar-refractivity contribution in [2.75, 3.05) is 35.5 Å². The van der Waals surface area contributed by atoms with Gasteiger partial charge in [0.05, 0.1) is 40.9 Å². The number of methoxy groups -OCH3 is 5. The molecule has 0 aliphatic rings. The van der Waals surface area contributed by atoms with E-state index in [1.807, 2.05) is 0 Å². The molecule has 0 radical (unpaired) electrons. The van der Waals surface area contributed by atoms with E-state index in [0.717, 1.165) is 0 Å². The number of rotatable bonds is 7. The lowest BCUT2D eigenvalue weighted by Gasteiger charge is -2.21. The van der Waals surface area contributed by atoms with Crippen molar-refractivity contribution in [3.8, 4) is 45.6 Å². The monoisotopic (exact) mass is 491 g/mol. The van der Waals surface area contributed by atoms with Gasteiger partial charge < -0.3 is 28.8 Å². The van der Waals surface area contributed by atoms with Crippen molar-refractivity contribution in [1.29, 1.82) is 0 Å². The number of ether oxygens (including phenoxy) is 5. The van der Waals surface area contributed by atoms with E-state index < -0.39 is 11.5 Å². The van der Waals surface area contributed by atoms with Crippen LogP contribution in [0, 0.1) is 0 Å². The molecule has 186 valence electrons. The topological polar surface area (TPSA) is 105 Å². The van der Waals surface area contributed by atoms with Gasteiger partial charge in [0, 0.05) is 16.6 Å². The maximum Gasteiger partial charge on any atom is 0.355 e. The van der Waals surface area contributed by atoms with Crippen LogP contribution < -0.4 is 24.5 Å². The first-order valence-electron chi connectivity index (χ1n) is 10.8. The molecule has 0 atom stereocenters. The summed E-state index contributed by atoms with van der Waals surface area (Å²) in [6.07, 6.45) is 0. The Balaban J connectivity index is 2.29. The third-order valence-corrected chi connectivity index (χ3v) is 5.83. The van der Waals surface area contributed by atoms with E-state index in [9.17, 15) is 14.7 Å². The summed E-state index contributed by atoms with van der Waals surface area (Å²) < 4.78 is 28.2. The van der Waals surface area contributed by atoms with Crippen LogP contribution in [0.1, 0.15) is 10.5 Å². The van der Waals surface area contributed by atoms with Crippen LogP contribution in [-0.2, 0) is 4.74 Å². The van der Waals surface area contributed by atoms with Crippen LogP contribution in [-0.4, -0.2) is 51.2 Å². The molecule has 0 spiro atoms. The molecule has 4 rings (SSSR count). The average molecular weight is 491 g/mol. The Kier molecular flexibility index (Phi) is 6.73. The number of aromatic nitrogens is 1. The number of hydrogen-bond donors (Lipinski definition) is 1. The van der Waals surface area contributed by atoms with Crippen LogP contribution in [0.3, 0.4) is 0 Å². The molecular formula is C27H25NO8. The van der Waals surface area contributed by atoms with E-state index >= 15 is 0 Å². The zero-order chi connectivity index (χ0) is 26.0. The molecule has 1 N–H and O–H groups in total. The number of phenolic OH excluding ortho intramolecular Hbond substituents is 1. The van der Waals surface area contributed by atoms with Crippen LogP contribution in [0.2, 0.25) is 0 Å². The minimum Gasteiger partial charge on any atom is -0.504 e. The molecule has 1 aromatic heterocycles. The lowest BCUT2D eigenvalue weighted by molar-refractivity contribution is 0.0591. The van der Waals surface area contributed by atoms with Crippen molar-refractivity contribution < 1.29 is 33.6 Å². The Bertz CT molecular complexity index is 1480. The second-order valence-corrected chi connectivity index (χ2v) is 7.67. The van der Waals surface area contributed by atoms with Crippen LogP contribution in [0.15, 0.2) is 59.4 Å². The Morgan fingerprint density at radius 2 is 1.39 bits per heavy atom. The first kappa shape index (κ1) is 24.5. The van der Waals surface area contributed by atoms with Gasteiger partial charge in [-0.3, -0.25) is 9.36 Å². The molecule has 9 nitrogen and oxygen atoms in total. The molecule has 9 heteroatoms. The predicted molar refractivity (Wildman–Crippen MR) is 134 cm³/mol. The van der Waals surface area contributed by atoms with Gasteiger partial charge in [-0.2, -0.15) is 0 Å². The highest BCUT2D eigenvalue weighted by atomic mass is 16.5. The number of hydrogen-bond acceptors (Lipinski definition) is 8. The van der Waals surface area contributed by atoms with Crippen molar-refractivity contribution in [2.24, 2.45) is 0 Å². The fourth-order valence-electron chi connectivity index (χ4n) is 4.21. The number of para-hydroxylation sites is 1. The Hall–Kier alpha value is -4.66. The fourth-order valence-corrected chi connectivity index (χ4v) is 4.21. The molecule has 0 saturated carbocycles. The number of benzene rings is 3. The highest BCUT2D eigenvalue weighted by Crippen LogP contribution is 2.44. The summed E-state index contributed by atoms with van der Waals surface area (Å²) in [6, 6.07) is 14.8. The van der Waals surface area contributed by atoms with E-state index in [4.69, 9.17) is 23.7 Å².